The Balaban J connectivity index is 2.32. The largest absolute Gasteiger partial charge is 0.298 e. The minimum atomic E-state index is 0.465. The molecule has 0 aliphatic heterocycles. The van der Waals surface area contributed by atoms with Crippen LogP contribution in [0.15, 0.2) is 23.8 Å². The standard InChI is InChI=1S/C8H8O/c9-5-8-4-6-1-2-7(8)3-6/h1-2,4-7H,3H2/t6-,7-/m0/s1. The van der Waals surface area contributed by atoms with Gasteiger partial charge in [0.15, 0.2) is 0 Å². The SMILES string of the molecule is O=CC1=C[C@H]2C=C[C@H]1C2. The second kappa shape index (κ2) is 1.56. The third kappa shape index (κ3) is 0.576. The maximum atomic E-state index is 10.3. The van der Waals surface area contributed by atoms with E-state index in [0.29, 0.717) is 11.8 Å². The summed E-state index contributed by atoms with van der Waals surface area (Å²) in [6.07, 6.45) is 8.51. The van der Waals surface area contributed by atoms with Crippen molar-refractivity contribution < 1.29 is 4.79 Å². The molecule has 0 aromatic heterocycles. The fourth-order valence-electron chi connectivity index (χ4n) is 1.60. The number of hydrogen-bond donors (Lipinski definition) is 0. The van der Waals surface area contributed by atoms with Crippen molar-refractivity contribution in [2.45, 2.75) is 6.42 Å². The predicted octanol–water partition coefficient (Wildman–Crippen LogP) is 1.32. The van der Waals surface area contributed by atoms with Crippen molar-refractivity contribution in [1.29, 1.82) is 0 Å². The van der Waals surface area contributed by atoms with Gasteiger partial charge in [0, 0.05) is 5.92 Å². The van der Waals surface area contributed by atoms with E-state index >= 15 is 0 Å². The van der Waals surface area contributed by atoms with E-state index in [2.05, 4.69) is 18.2 Å². The van der Waals surface area contributed by atoms with Crippen LogP contribution in [0.25, 0.3) is 0 Å². The molecule has 0 N–H and O–H groups in total. The number of carbonyl (C=O) groups is 1. The molecule has 0 spiro atoms. The van der Waals surface area contributed by atoms with Crippen molar-refractivity contribution >= 4 is 6.29 Å². The fraction of sp³-hybridized carbons (Fsp3) is 0.375. The van der Waals surface area contributed by atoms with Gasteiger partial charge < -0.3 is 0 Å². The van der Waals surface area contributed by atoms with Crippen LogP contribution in [0.4, 0.5) is 0 Å². The maximum Gasteiger partial charge on any atom is 0.146 e. The van der Waals surface area contributed by atoms with Gasteiger partial charge in [-0.05, 0) is 17.9 Å². The summed E-state index contributed by atoms with van der Waals surface area (Å²) in [5.41, 5.74) is 0.988. The van der Waals surface area contributed by atoms with E-state index in [1.54, 1.807) is 0 Å². The lowest BCUT2D eigenvalue weighted by Gasteiger charge is -1.98. The van der Waals surface area contributed by atoms with Crippen LogP contribution in [0.1, 0.15) is 6.42 Å². The maximum absolute atomic E-state index is 10.3. The van der Waals surface area contributed by atoms with Gasteiger partial charge in [-0.15, -0.1) is 0 Å². The van der Waals surface area contributed by atoms with Crippen LogP contribution in [-0.2, 0) is 4.79 Å². The summed E-state index contributed by atoms with van der Waals surface area (Å²) >= 11 is 0. The molecule has 0 fully saturated rings. The quantitative estimate of drug-likeness (QED) is 0.376. The Morgan fingerprint density at radius 3 is 2.78 bits per heavy atom. The first kappa shape index (κ1) is 4.98. The van der Waals surface area contributed by atoms with Crippen molar-refractivity contribution in [3.8, 4) is 0 Å². The van der Waals surface area contributed by atoms with E-state index < -0.39 is 0 Å². The molecule has 1 nitrogen and oxygen atoms in total. The van der Waals surface area contributed by atoms with Gasteiger partial charge >= 0.3 is 0 Å². The molecule has 46 valence electrons. The summed E-state index contributed by atoms with van der Waals surface area (Å²) in [7, 11) is 0. The first-order chi connectivity index (χ1) is 4.40. The van der Waals surface area contributed by atoms with Crippen LogP contribution in [0.5, 0.6) is 0 Å². The van der Waals surface area contributed by atoms with Crippen molar-refractivity contribution in [2.24, 2.45) is 11.8 Å². The Morgan fingerprint density at radius 2 is 2.44 bits per heavy atom. The Labute approximate surface area is 54.1 Å². The zero-order valence-corrected chi connectivity index (χ0v) is 5.08. The molecule has 0 unspecified atom stereocenters. The highest BCUT2D eigenvalue weighted by Gasteiger charge is 2.26. The molecule has 2 aliphatic rings. The van der Waals surface area contributed by atoms with Crippen molar-refractivity contribution in [3.63, 3.8) is 0 Å². The van der Waals surface area contributed by atoms with Gasteiger partial charge in [0.2, 0.25) is 0 Å². The highest BCUT2D eigenvalue weighted by atomic mass is 16.1. The average molecular weight is 120 g/mol. The number of hydrogen-bond acceptors (Lipinski definition) is 1. The molecular weight excluding hydrogens is 112 g/mol. The van der Waals surface area contributed by atoms with E-state index in [4.69, 9.17) is 0 Å². The summed E-state index contributed by atoms with van der Waals surface area (Å²) in [5.74, 6) is 1.04. The van der Waals surface area contributed by atoms with Gasteiger partial charge in [-0.3, -0.25) is 4.79 Å². The monoisotopic (exact) mass is 120 g/mol. The van der Waals surface area contributed by atoms with Gasteiger partial charge in [0.25, 0.3) is 0 Å². The zero-order valence-electron chi connectivity index (χ0n) is 5.08. The first-order valence-corrected chi connectivity index (χ1v) is 3.25. The summed E-state index contributed by atoms with van der Waals surface area (Å²) in [6, 6.07) is 0. The van der Waals surface area contributed by atoms with E-state index in [9.17, 15) is 4.79 Å². The molecule has 2 rings (SSSR count). The van der Waals surface area contributed by atoms with Crippen molar-refractivity contribution in [3.05, 3.63) is 23.8 Å². The van der Waals surface area contributed by atoms with Crippen LogP contribution in [0.3, 0.4) is 0 Å². The number of fused-ring (bicyclic) bond motifs is 2. The number of rotatable bonds is 1. The number of aldehydes is 1. The third-order valence-corrected chi connectivity index (χ3v) is 2.09. The Kier molecular flexibility index (Phi) is 0.865. The summed E-state index contributed by atoms with van der Waals surface area (Å²) in [4.78, 5) is 10.3. The highest BCUT2D eigenvalue weighted by Crippen LogP contribution is 2.36. The molecule has 0 amide bonds. The molecule has 0 heterocycles. The predicted molar refractivity (Wildman–Crippen MR) is 34.9 cm³/mol. The Morgan fingerprint density at radius 1 is 1.56 bits per heavy atom. The molecule has 0 saturated carbocycles. The van der Waals surface area contributed by atoms with Gasteiger partial charge in [-0.25, -0.2) is 0 Å². The normalized spacial score (nSPS) is 37.1. The topological polar surface area (TPSA) is 17.1 Å². The van der Waals surface area contributed by atoms with Crippen LogP contribution in [-0.4, -0.2) is 6.29 Å². The van der Waals surface area contributed by atoms with Gasteiger partial charge in [0.1, 0.15) is 6.29 Å². The lowest BCUT2D eigenvalue weighted by molar-refractivity contribution is -0.105. The molecule has 2 atom stereocenters. The molecule has 2 bridgehead atoms. The fourth-order valence-corrected chi connectivity index (χ4v) is 1.60. The minimum Gasteiger partial charge on any atom is -0.298 e. The molecule has 0 saturated heterocycles. The van der Waals surface area contributed by atoms with Crippen LogP contribution in [0, 0.1) is 11.8 Å². The third-order valence-electron chi connectivity index (χ3n) is 2.09. The van der Waals surface area contributed by atoms with E-state index in [1.165, 1.54) is 0 Å². The summed E-state index contributed by atoms with van der Waals surface area (Å²) < 4.78 is 0. The zero-order chi connectivity index (χ0) is 6.27. The van der Waals surface area contributed by atoms with Gasteiger partial charge in [-0.2, -0.15) is 0 Å². The second-order valence-electron chi connectivity index (χ2n) is 2.68. The highest BCUT2D eigenvalue weighted by molar-refractivity contribution is 5.76. The van der Waals surface area contributed by atoms with Crippen molar-refractivity contribution in [1.82, 2.24) is 0 Å². The van der Waals surface area contributed by atoms with Crippen LogP contribution >= 0.6 is 0 Å². The van der Waals surface area contributed by atoms with Crippen molar-refractivity contribution in [2.75, 3.05) is 0 Å². The molecule has 0 aromatic carbocycles. The first-order valence-electron chi connectivity index (χ1n) is 3.25. The molecule has 2 aliphatic carbocycles. The number of carbonyl (C=O) groups excluding carboxylic acids is 1. The number of allylic oxidation sites excluding steroid dienone is 4. The van der Waals surface area contributed by atoms with Crippen LogP contribution < -0.4 is 0 Å². The lowest BCUT2D eigenvalue weighted by Crippen LogP contribution is -1.93. The van der Waals surface area contributed by atoms with E-state index in [-0.39, 0.29) is 0 Å². The van der Waals surface area contributed by atoms with E-state index in [0.717, 1.165) is 18.3 Å². The van der Waals surface area contributed by atoms with Gasteiger partial charge in [0.05, 0.1) is 0 Å². The Bertz CT molecular complexity index is 201. The average Bonchev–Trinajstić information content (AvgIpc) is 2.45. The Hall–Kier alpha value is -0.850. The summed E-state index contributed by atoms with van der Waals surface area (Å²) in [5, 5.41) is 0. The molecule has 9 heavy (non-hydrogen) atoms. The molecule has 0 aromatic rings. The second-order valence-corrected chi connectivity index (χ2v) is 2.68. The lowest BCUT2D eigenvalue weighted by atomic mass is 10.1. The van der Waals surface area contributed by atoms with Crippen LogP contribution in [0.2, 0.25) is 0 Å². The minimum absolute atomic E-state index is 0.465. The smallest absolute Gasteiger partial charge is 0.146 e. The molecular formula is C8H8O. The molecule has 0 radical (unpaired) electrons. The molecule has 1 heteroatoms. The van der Waals surface area contributed by atoms with E-state index in [1.807, 2.05) is 0 Å². The summed E-state index contributed by atoms with van der Waals surface area (Å²) in [6.45, 7) is 0. The van der Waals surface area contributed by atoms with Gasteiger partial charge in [-0.1, -0.05) is 18.2 Å².